The van der Waals surface area contributed by atoms with Crippen LogP contribution in [0.3, 0.4) is 0 Å². The smallest absolute Gasteiger partial charge is 0.321 e. The molecule has 2 aromatic carbocycles. The quantitative estimate of drug-likeness (QED) is 0.795. The number of carbonyl (C=O) groups is 1. The lowest BCUT2D eigenvalue weighted by Gasteiger charge is -2.18. The second-order valence-corrected chi connectivity index (χ2v) is 6.21. The fourth-order valence-corrected chi connectivity index (χ4v) is 2.91. The van der Waals surface area contributed by atoms with Gasteiger partial charge in [-0.2, -0.15) is 0 Å². The van der Waals surface area contributed by atoms with E-state index in [4.69, 9.17) is 16.3 Å². The minimum atomic E-state index is -0.0152. The summed E-state index contributed by atoms with van der Waals surface area (Å²) in [7, 11) is 0. The number of amides is 2. The van der Waals surface area contributed by atoms with Gasteiger partial charge in [0.15, 0.2) is 0 Å². The normalized spacial score (nSPS) is 12.8. The molecule has 0 radical (unpaired) electrons. The van der Waals surface area contributed by atoms with Crippen LogP contribution < -0.4 is 15.0 Å². The number of hydrogen-bond acceptors (Lipinski definition) is 2. The number of ether oxygens (including phenoxy) is 1. The largest absolute Gasteiger partial charge is 0.494 e. The van der Waals surface area contributed by atoms with Crippen molar-refractivity contribution >= 4 is 23.3 Å². The maximum absolute atomic E-state index is 12.3. The van der Waals surface area contributed by atoms with Crippen LogP contribution in [0.2, 0.25) is 5.02 Å². The Morgan fingerprint density at radius 1 is 1.12 bits per heavy atom. The predicted molar refractivity (Wildman–Crippen MR) is 97.1 cm³/mol. The van der Waals surface area contributed by atoms with E-state index in [-0.39, 0.29) is 6.03 Å². The Morgan fingerprint density at radius 3 is 2.75 bits per heavy atom. The van der Waals surface area contributed by atoms with Crippen molar-refractivity contribution in [2.75, 3.05) is 24.6 Å². The van der Waals surface area contributed by atoms with E-state index < -0.39 is 0 Å². The van der Waals surface area contributed by atoms with Crippen molar-refractivity contribution in [3.63, 3.8) is 0 Å². The molecule has 0 aliphatic carbocycles. The molecule has 4 nitrogen and oxygen atoms in total. The van der Waals surface area contributed by atoms with Crippen LogP contribution in [0.15, 0.2) is 48.5 Å². The summed E-state index contributed by atoms with van der Waals surface area (Å²) in [5.74, 6) is 0.817. The highest BCUT2D eigenvalue weighted by molar-refractivity contribution is 6.30. The number of nitrogens with zero attached hydrogens (tertiary/aromatic N) is 1. The van der Waals surface area contributed by atoms with Crippen LogP contribution in [0.4, 0.5) is 10.5 Å². The van der Waals surface area contributed by atoms with Gasteiger partial charge < -0.3 is 10.1 Å². The van der Waals surface area contributed by atoms with E-state index in [0.717, 1.165) is 37.2 Å². The van der Waals surface area contributed by atoms with Crippen molar-refractivity contribution in [2.45, 2.75) is 19.3 Å². The lowest BCUT2D eigenvalue weighted by atomic mass is 10.2. The number of fused-ring (bicyclic) bond motifs is 1. The fraction of sp³-hybridized carbons (Fsp3) is 0.316. The average molecular weight is 345 g/mol. The van der Waals surface area contributed by atoms with Gasteiger partial charge >= 0.3 is 6.03 Å². The molecule has 0 fully saturated rings. The number of carbonyl (C=O) groups excluding carboxylic acids is 1. The Morgan fingerprint density at radius 2 is 1.92 bits per heavy atom. The SMILES string of the molecule is O=C(NCCCCOc1ccc(Cl)cc1)N1CCc2ccccc21. The third-order valence-corrected chi connectivity index (χ3v) is 4.31. The number of para-hydroxylation sites is 1. The number of urea groups is 1. The molecule has 0 bridgehead atoms. The van der Waals surface area contributed by atoms with E-state index >= 15 is 0 Å². The van der Waals surface area contributed by atoms with Crippen LogP contribution in [0.5, 0.6) is 5.75 Å². The molecule has 0 aromatic heterocycles. The summed E-state index contributed by atoms with van der Waals surface area (Å²) in [6.45, 7) is 2.04. The number of nitrogens with one attached hydrogen (secondary N) is 1. The van der Waals surface area contributed by atoms with Crippen molar-refractivity contribution in [2.24, 2.45) is 0 Å². The maximum atomic E-state index is 12.3. The van der Waals surface area contributed by atoms with Crippen molar-refractivity contribution < 1.29 is 9.53 Å². The lowest BCUT2D eigenvalue weighted by molar-refractivity contribution is 0.246. The zero-order valence-electron chi connectivity index (χ0n) is 13.5. The highest BCUT2D eigenvalue weighted by Gasteiger charge is 2.23. The molecule has 0 saturated heterocycles. The first-order valence-electron chi connectivity index (χ1n) is 8.26. The third-order valence-electron chi connectivity index (χ3n) is 4.06. The molecule has 0 spiro atoms. The zero-order chi connectivity index (χ0) is 16.8. The molecular formula is C19H21ClN2O2. The Labute approximate surface area is 147 Å². The summed E-state index contributed by atoms with van der Waals surface area (Å²) in [6.07, 6.45) is 2.70. The molecule has 126 valence electrons. The monoisotopic (exact) mass is 344 g/mol. The van der Waals surface area contributed by atoms with Crippen molar-refractivity contribution in [3.8, 4) is 5.75 Å². The second kappa shape index (κ2) is 8.06. The van der Waals surface area contributed by atoms with Gasteiger partial charge in [0, 0.05) is 23.8 Å². The van der Waals surface area contributed by atoms with E-state index in [2.05, 4.69) is 11.4 Å². The van der Waals surface area contributed by atoms with E-state index in [1.807, 2.05) is 47.4 Å². The van der Waals surface area contributed by atoms with Crippen molar-refractivity contribution in [1.29, 1.82) is 0 Å². The summed E-state index contributed by atoms with van der Waals surface area (Å²) in [5.41, 5.74) is 2.27. The van der Waals surface area contributed by atoms with Crippen molar-refractivity contribution in [1.82, 2.24) is 5.32 Å². The standard InChI is InChI=1S/C19H21ClN2O2/c20-16-7-9-17(10-8-16)24-14-4-3-12-21-19(23)22-13-11-15-5-1-2-6-18(15)22/h1-2,5-10H,3-4,11-14H2,(H,21,23). The molecule has 2 amide bonds. The predicted octanol–water partition coefficient (Wildman–Crippen LogP) is 4.27. The van der Waals surface area contributed by atoms with Gasteiger partial charge in [0.1, 0.15) is 5.75 Å². The van der Waals surface area contributed by atoms with Gasteiger partial charge in [-0.05, 0) is 55.2 Å². The van der Waals surface area contributed by atoms with Crippen LogP contribution in [-0.2, 0) is 6.42 Å². The van der Waals surface area contributed by atoms with Gasteiger partial charge in [0.2, 0.25) is 0 Å². The molecule has 2 aromatic rings. The number of hydrogen-bond donors (Lipinski definition) is 1. The van der Waals surface area contributed by atoms with Gasteiger partial charge in [-0.3, -0.25) is 4.90 Å². The molecule has 0 unspecified atom stereocenters. The van der Waals surface area contributed by atoms with Crippen LogP contribution >= 0.6 is 11.6 Å². The molecular weight excluding hydrogens is 324 g/mol. The van der Waals surface area contributed by atoms with E-state index in [1.54, 1.807) is 0 Å². The van der Waals surface area contributed by atoms with E-state index in [0.29, 0.717) is 18.2 Å². The van der Waals surface area contributed by atoms with Gasteiger partial charge in [0.05, 0.1) is 6.61 Å². The maximum Gasteiger partial charge on any atom is 0.321 e. The summed E-state index contributed by atoms with van der Waals surface area (Å²) < 4.78 is 5.63. The minimum Gasteiger partial charge on any atom is -0.494 e. The molecule has 0 saturated carbocycles. The molecule has 3 rings (SSSR count). The van der Waals surface area contributed by atoms with E-state index in [9.17, 15) is 4.79 Å². The van der Waals surface area contributed by atoms with E-state index in [1.165, 1.54) is 5.56 Å². The van der Waals surface area contributed by atoms with Crippen LogP contribution in [-0.4, -0.2) is 25.7 Å². The molecule has 5 heteroatoms. The molecule has 0 atom stereocenters. The highest BCUT2D eigenvalue weighted by Crippen LogP contribution is 2.27. The van der Waals surface area contributed by atoms with Gasteiger partial charge in [0.25, 0.3) is 0 Å². The number of unbranched alkanes of at least 4 members (excludes halogenated alkanes) is 1. The fourth-order valence-electron chi connectivity index (χ4n) is 2.79. The summed E-state index contributed by atoms with van der Waals surface area (Å²) in [5, 5.41) is 3.69. The second-order valence-electron chi connectivity index (χ2n) is 5.77. The first kappa shape index (κ1) is 16.7. The molecule has 1 heterocycles. The molecule has 24 heavy (non-hydrogen) atoms. The summed E-state index contributed by atoms with van der Waals surface area (Å²) >= 11 is 5.83. The highest BCUT2D eigenvalue weighted by atomic mass is 35.5. The number of anilines is 1. The Bertz CT molecular complexity index is 688. The summed E-state index contributed by atoms with van der Waals surface area (Å²) in [6, 6.07) is 15.4. The van der Waals surface area contributed by atoms with Crippen LogP contribution in [0.25, 0.3) is 0 Å². The Balaban J connectivity index is 1.34. The minimum absolute atomic E-state index is 0.0152. The Hall–Kier alpha value is -2.20. The molecule has 1 aliphatic heterocycles. The van der Waals surface area contributed by atoms with Crippen molar-refractivity contribution in [3.05, 3.63) is 59.1 Å². The summed E-state index contributed by atoms with van der Waals surface area (Å²) in [4.78, 5) is 14.1. The van der Waals surface area contributed by atoms with Crippen LogP contribution in [0, 0.1) is 0 Å². The molecule has 1 aliphatic rings. The molecule has 1 N–H and O–H groups in total. The number of halogens is 1. The lowest BCUT2D eigenvalue weighted by Crippen LogP contribution is -2.39. The third kappa shape index (κ3) is 4.20. The first-order chi connectivity index (χ1) is 11.7. The topological polar surface area (TPSA) is 41.6 Å². The number of benzene rings is 2. The van der Waals surface area contributed by atoms with Gasteiger partial charge in [-0.1, -0.05) is 29.8 Å². The van der Waals surface area contributed by atoms with Gasteiger partial charge in [-0.25, -0.2) is 4.79 Å². The Kier molecular flexibility index (Phi) is 5.59. The average Bonchev–Trinajstić information content (AvgIpc) is 3.03. The van der Waals surface area contributed by atoms with Gasteiger partial charge in [-0.15, -0.1) is 0 Å². The van der Waals surface area contributed by atoms with Crippen LogP contribution in [0.1, 0.15) is 18.4 Å². The zero-order valence-corrected chi connectivity index (χ0v) is 14.3. The number of rotatable bonds is 6. The first-order valence-corrected chi connectivity index (χ1v) is 8.63.